The average molecular weight is 449 g/mol. The van der Waals surface area contributed by atoms with Gasteiger partial charge in [0, 0.05) is 26.1 Å². The van der Waals surface area contributed by atoms with E-state index in [9.17, 15) is 22.4 Å². The van der Waals surface area contributed by atoms with Crippen molar-refractivity contribution < 1.29 is 27.1 Å². The van der Waals surface area contributed by atoms with Gasteiger partial charge in [-0.25, -0.2) is 4.39 Å². The number of alkyl halides is 3. The van der Waals surface area contributed by atoms with Gasteiger partial charge in [-0.1, -0.05) is 30.3 Å². The van der Waals surface area contributed by atoms with Crippen LogP contribution in [0.5, 0.6) is 0 Å². The molecule has 0 radical (unpaired) electrons. The number of amides is 1. The number of hydrogen-bond acceptors (Lipinski definition) is 2. The molecule has 1 saturated carbocycles. The van der Waals surface area contributed by atoms with Crippen LogP contribution in [0.1, 0.15) is 48.8 Å². The van der Waals surface area contributed by atoms with E-state index < -0.39 is 17.3 Å². The number of ether oxygens (including phenoxy) is 1. The molecule has 1 saturated heterocycles. The zero-order chi connectivity index (χ0) is 22.8. The van der Waals surface area contributed by atoms with Gasteiger partial charge in [0.1, 0.15) is 5.82 Å². The minimum Gasteiger partial charge on any atom is -0.365 e. The summed E-state index contributed by atoms with van der Waals surface area (Å²) in [6.07, 6.45) is -0.161. The first-order chi connectivity index (χ1) is 15.3. The largest absolute Gasteiger partial charge is 0.416 e. The van der Waals surface area contributed by atoms with Gasteiger partial charge in [-0.2, -0.15) is 13.2 Å². The summed E-state index contributed by atoms with van der Waals surface area (Å²) in [7, 11) is 0. The topological polar surface area (TPSA) is 29.5 Å². The van der Waals surface area contributed by atoms with Crippen LogP contribution in [0.3, 0.4) is 0 Å². The van der Waals surface area contributed by atoms with Crippen molar-refractivity contribution in [2.45, 2.75) is 56.8 Å². The van der Waals surface area contributed by atoms with E-state index in [1.807, 2.05) is 0 Å². The highest BCUT2D eigenvalue weighted by Crippen LogP contribution is 2.37. The van der Waals surface area contributed by atoms with Gasteiger partial charge >= 0.3 is 6.18 Å². The molecule has 2 aromatic carbocycles. The Balaban J connectivity index is 1.64. The first kappa shape index (κ1) is 22.8. The summed E-state index contributed by atoms with van der Waals surface area (Å²) in [4.78, 5) is 15.4. The number of rotatable bonds is 7. The fourth-order valence-electron chi connectivity index (χ4n) is 4.43. The minimum absolute atomic E-state index is 0.0849. The molecule has 1 aliphatic heterocycles. The molecule has 0 spiro atoms. The number of carbonyl (C=O) groups is 1. The molecule has 7 heteroatoms. The van der Waals surface area contributed by atoms with E-state index in [4.69, 9.17) is 4.74 Å². The van der Waals surface area contributed by atoms with Gasteiger partial charge in [-0.15, -0.1) is 0 Å². The molecule has 1 heterocycles. The average Bonchev–Trinajstić information content (AvgIpc) is 3.59. The number of carbonyl (C=O) groups excluding carboxylic acids is 1. The van der Waals surface area contributed by atoms with Crippen LogP contribution in [0, 0.1) is 11.7 Å². The first-order valence-corrected chi connectivity index (χ1v) is 11.1. The van der Waals surface area contributed by atoms with Crippen molar-refractivity contribution >= 4 is 5.91 Å². The number of halogens is 4. The third-order valence-corrected chi connectivity index (χ3v) is 6.29. The molecule has 32 heavy (non-hydrogen) atoms. The molecule has 2 aliphatic rings. The van der Waals surface area contributed by atoms with E-state index in [1.165, 1.54) is 24.3 Å². The molecule has 4 rings (SSSR count). The summed E-state index contributed by atoms with van der Waals surface area (Å²) in [6, 6.07) is 11.4. The van der Waals surface area contributed by atoms with E-state index in [1.54, 1.807) is 23.1 Å². The Morgan fingerprint density at radius 1 is 1.06 bits per heavy atom. The Morgan fingerprint density at radius 3 is 2.41 bits per heavy atom. The molecule has 2 aromatic rings. The van der Waals surface area contributed by atoms with Crippen LogP contribution in [0.15, 0.2) is 48.5 Å². The van der Waals surface area contributed by atoms with Gasteiger partial charge in [0.15, 0.2) is 5.60 Å². The van der Waals surface area contributed by atoms with Crippen molar-refractivity contribution in [2.75, 3.05) is 13.2 Å². The molecule has 3 nitrogen and oxygen atoms in total. The normalized spacial score (nSPS) is 21.4. The summed E-state index contributed by atoms with van der Waals surface area (Å²) in [5.41, 5.74) is -1.01. The summed E-state index contributed by atoms with van der Waals surface area (Å²) in [6.45, 7) is 0.725. The zero-order valence-electron chi connectivity index (χ0n) is 17.8. The molecular weight excluding hydrogens is 422 g/mol. The van der Waals surface area contributed by atoms with E-state index in [2.05, 4.69) is 0 Å². The van der Waals surface area contributed by atoms with Crippen molar-refractivity contribution in [3.05, 3.63) is 71.0 Å². The molecule has 0 bridgehead atoms. The van der Waals surface area contributed by atoms with Gasteiger partial charge in [0.25, 0.3) is 5.91 Å². The van der Waals surface area contributed by atoms with Crippen LogP contribution in [0.25, 0.3) is 0 Å². The van der Waals surface area contributed by atoms with Gasteiger partial charge in [-0.3, -0.25) is 4.79 Å². The number of benzene rings is 2. The molecule has 172 valence electrons. The van der Waals surface area contributed by atoms with Gasteiger partial charge < -0.3 is 9.64 Å². The highest BCUT2D eigenvalue weighted by molar-refractivity contribution is 5.86. The highest BCUT2D eigenvalue weighted by Gasteiger charge is 2.45. The Hall–Kier alpha value is -2.41. The molecule has 0 aromatic heterocycles. The fourth-order valence-corrected chi connectivity index (χ4v) is 4.43. The standard InChI is InChI=1S/C25H27F4NO2/c26-21-11-9-18(10-12-21)15-24(13-3-4-14-32-24)23(31)30(16-19-7-8-19)17-20-5-1-2-6-22(20)25(27,28)29/h1-2,5-6,9-12,19H,3-4,7-8,13-17H2. The number of nitrogens with zero attached hydrogens (tertiary/aromatic N) is 1. The summed E-state index contributed by atoms with van der Waals surface area (Å²) >= 11 is 0. The predicted molar refractivity (Wildman–Crippen MR) is 112 cm³/mol. The third kappa shape index (κ3) is 5.31. The molecular formula is C25H27F4NO2. The summed E-state index contributed by atoms with van der Waals surface area (Å²) in [5, 5.41) is 0. The monoisotopic (exact) mass is 449 g/mol. The smallest absolute Gasteiger partial charge is 0.365 e. The second kappa shape index (κ2) is 9.22. The lowest BCUT2D eigenvalue weighted by molar-refractivity contribution is -0.166. The Morgan fingerprint density at radius 2 is 1.78 bits per heavy atom. The van der Waals surface area contributed by atoms with Gasteiger partial charge in [-0.05, 0) is 67.3 Å². The lowest BCUT2D eigenvalue weighted by atomic mass is 9.85. The van der Waals surface area contributed by atoms with Crippen LogP contribution in [-0.2, 0) is 28.7 Å². The van der Waals surface area contributed by atoms with Crippen LogP contribution in [0.4, 0.5) is 17.6 Å². The highest BCUT2D eigenvalue weighted by atomic mass is 19.4. The van der Waals surface area contributed by atoms with Crippen molar-refractivity contribution in [1.82, 2.24) is 4.90 Å². The van der Waals surface area contributed by atoms with Crippen LogP contribution in [-0.4, -0.2) is 29.6 Å². The van der Waals surface area contributed by atoms with Crippen LogP contribution >= 0.6 is 0 Å². The van der Waals surface area contributed by atoms with Crippen molar-refractivity contribution in [2.24, 2.45) is 5.92 Å². The minimum atomic E-state index is -4.49. The molecule has 1 unspecified atom stereocenters. The zero-order valence-corrected chi connectivity index (χ0v) is 17.8. The van der Waals surface area contributed by atoms with Crippen molar-refractivity contribution in [3.8, 4) is 0 Å². The summed E-state index contributed by atoms with van der Waals surface area (Å²) in [5.74, 6) is -0.327. The SMILES string of the molecule is O=C(N(Cc1ccccc1C(F)(F)F)CC1CC1)C1(Cc2ccc(F)cc2)CCCCO1. The van der Waals surface area contributed by atoms with E-state index >= 15 is 0 Å². The Bertz CT molecular complexity index is 932. The maximum absolute atomic E-state index is 13.9. The third-order valence-electron chi connectivity index (χ3n) is 6.29. The van der Waals surface area contributed by atoms with E-state index in [0.29, 0.717) is 25.5 Å². The van der Waals surface area contributed by atoms with E-state index in [0.717, 1.165) is 37.3 Å². The lowest BCUT2D eigenvalue weighted by Gasteiger charge is -2.40. The maximum atomic E-state index is 13.9. The van der Waals surface area contributed by atoms with Crippen molar-refractivity contribution in [3.63, 3.8) is 0 Å². The molecule has 1 amide bonds. The first-order valence-electron chi connectivity index (χ1n) is 11.1. The Labute approximate surface area is 185 Å². The fraction of sp³-hybridized carbons (Fsp3) is 0.480. The van der Waals surface area contributed by atoms with E-state index in [-0.39, 0.29) is 30.3 Å². The lowest BCUT2D eigenvalue weighted by Crippen LogP contribution is -2.54. The van der Waals surface area contributed by atoms with Crippen LogP contribution < -0.4 is 0 Å². The van der Waals surface area contributed by atoms with Gasteiger partial charge in [0.2, 0.25) is 0 Å². The summed E-state index contributed by atoms with van der Waals surface area (Å²) < 4.78 is 60.1. The molecule has 1 aliphatic carbocycles. The molecule has 2 fully saturated rings. The second-order valence-electron chi connectivity index (χ2n) is 8.89. The quantitative estimate of drug-likeness (QED) is 0.503. The second-order valence-corrected chi connectivity index (χ2v) is 8.89. The van der Waals surface area contributed by atoms with Crippen LogP contribution in [0.2, 0.25) is 0 Å². The Kier molecular flexibility index (Phi) is 6.56. The molecule has 1 atom stereocenters. The maximum Gasteiger partial charge on any atom is 0.416 e. The number of hydrogen-bond donors (Lipinski definition) is 0. The molecule has 0 N–H and O–H groups in total. The predicted octanol–water partition coefficient (Wildman–Crippen LogP) is 5.77. The van der Waals surface area contributed by atoms with Gasteiger partial charge in [0.05, 0.1) is 5.56 Å². The van der Waals surface area contributed by atoms with Crippen molar-refractivity contribution in [1.29, 1.82) is 0 Å².